The monoisotopic (exact) mass is 385 g/mol. The Morgan fingerprint density at radius 1 is 1.21 bits per heavy atom. The van der Waals surface area contributed by atoms with Crippen LogP contribution in [0.2, 0.25) is 0 Å². The van der Waals surface area contributed by atoms with Gasteiger partial charge in [0.1, 0.15) is 12.4 Å². The molecule has 3 rings (SSSR count). The first kappa shape index (κ1) is 19.9. The van der Waals surface area contributed by atoms with Crippen LogP contribution in [0.4, 0.5) is 5.69 Å². The summed E-state index contributed by atoms with van der Waals surface area (Å²) in [4.78, 5) is 23.9. The van der Waals surface area contributed by atoms with Gasteiger partial charge in [0.25, 0.3) is 5.91 Å². The van der Waals surface area contributed by atoms with E-state index in [1.807, 2.05) is 0 Å². The highest BCUT2D eigenvalue weighted by atomic mass is 16.5. The topological polar surface area (TPSA) is 93.5 Å². The van der Waals surface area contributed by atoms with Crippen molar-refractivity contribution in [1.29, 1.82) is 0 Å². The lowest BCUT2D eigenvalue weighted by atomic mass is 10.2. The standard InChI is InChI=1S/C21H27N3O4/c1-2-3-8-20(25)22-16-9-11-17(12-10-16)27-14-18-13-19(24-28-18)21(26)23-15-6-4-5-7-15/h9-13,15H,2-8,14H2,1H3,(H,22,25)(H,23,26). The van der Waals surface area contributed by atoms with E-state index in [1.54, 1.807) is 30.3 Å². The largest absolute Gasteiger partial charge is 0.486 e. The van der Waals surface area contributed by atoms with Crippen molar-refractivity contribution in [1.82, 2.24) is 10.5 Å². The zero-order valence-electron chi connectivity index (χ0n) is 16.2. The average molecular weight is 385 g/mol. The van der Waals surface area contributed by atoms with E-state index in [4.69, 9.17) is 9.26 Å². The number of carbonyl (C=O) groups excluding carboxylic acids is 2. The summed E-state index contributed by atoms with van der Waals surface area (Å²) >= 11 is 0. The van der Waals surface area contributed by atoms with E-state index < -0.39 is 0 Å². The first-order valence-corrected chi connectivity index (χ1v) is 9.93. The Morgan fingerprint density at radius 2 is 1.96 bits per heavy atom. The van der Waals surface area contributed by atoms with Crippen molar-refractivity contribution in [3.8, 4) is 5.75 Å². The molecule has 2 aromatic rings. The highest BCUT2D eigenvalue weighted by Gasteiger charge is 2.20. The zero-order chi connectivity index (χ0) is 19.8. The van der Waals surface area contributed by atoms with Crippen molar-refractivity contribution in [2.75, 3.05) is 5.32 Å². The second-order valence-electron chi connectivity index (χ2n) is 7.10. The minimum atomic E-state index is -0.204. The minimum Gasteiger partial charge on any atom is -0.486 e. The third kappa shape index (κ3) is 5.84. The minimum absolute atomic E-state index is 0.0144. The number of anilines is 1. The Bertz CT molecular complexity index is 779. The van der Waals surface area contributed by atoms with Gasteiger partial charge in [-0.3, -0.25) is 9.59 Å². The van der Waals surface area contributed by atoms with Crippen molar-refractivity contribution in [3.05, 3.63) is 41.8 Å². The second kappa shape index (κ2) is 9.92. The van der Waals surface area contributed by atoms with Crippen LogP contribution < -0.4 is 15.4 Å². The summed E-state index contributed by atoms with van der Waals surface area (Å²) in [6.45, 7) is 2.23. The SMILES string of the molecule is CCCCC(=O)Nc1ccc(OCc2cc(C(=O)NC3CCCC3)no2)cc1. The van der Waals surface area contributed by atoms with E-state index in [2.05, 4.69) is 22.7 Å². The molecule has 0 bridgehead atoms. The van der Waals surface area contributed by atoms with E-state index in [-0.39, 0.29) is 30.2 Å². The van der Waals surface area contributed by atoms with Crippen LogP contribution in [0.1, 0.15) is 68.1 Å². The van der Waals surface area contributed by atoms with Crippen LogP contribution in [0.3, 0.4) is 0 Å². The lowest BCUT2D eigenvalue weighted by Gasteiger charge is -2.09. The molecule has 0 unspecified atom stereocenters. The molecule has 0 spiro atoms. The van der Waals surface area contributed by atoms with Gasteiger partial charge in [0.15, 0.2) is 11.5 Å². The van der Waals surface area contributed by atoms with Gasteiger partial charge in [-0.2, -0.15) is 0 Å². The van der Waals surface area contributed by atoms with Gasteiger partial charge in [-0.15, -0.1) is 0 Å². The molecule has 1 saturated carbocycles. The Morgan fingerprint density at radius 3 is 2.68 bits per heavy atom. The van der Waals surface area contributed by atoms with Crippen molar-refractivity contribution in [2.24, 2.45) is 0 Å². The summed E-state index contributed by atoms with van der Waals surface area (Å²) in [5.41, 5.74) is 1.01. The highest BCUT2D eigenvalue weighted by molar-refractivity contribution is 5.92. The predicted molar refractivity (Wildman–Crippen MR) is 105 cm³/mol. The maximum Gasteiger partial charge on any atom is 0.273 e. The second-order valence-corrected chi connectivity index (χ2v) is 7.10. The van der Waals surface area contributed by atoms with Gasteiger partial charge >= 0.3 is 0 Å². The molecule has 7 heteroatoms. The molecule has 1 aliphatic rings. The molecule has 1 aliphatic carbocycles. The number of aromatic nitrogens is 1. The number of amides is 2. The molecule has 28 heavy (non-hydrogen) atoms. The fourth-order valence-electron chi connectivity index (χ4n) is 3.17. The van der Waals surface area contributed by atoms with Gasteiger partial charge < -0.3 is 19.9 Å². The van der Waals surface area contributed by atoms with E-state index in [0.717, 1.165) is 44.2 Å². The van der Waals surface area contributed by atoms with Crippen LogP contribution in [0, 0.1) is 0 Å². The average Bonchev–Trinajstić information content (AvgIpc) is 3.38. The maximum atomic E-state index is 12.2. The van der Waals surface area contributed by atoms with Crippen molar-refractivity contribution < 1.29 is 18.8 Å². The molecular formula is C21H27N3O4. The number of nitrogens with zero attached hydrogens (tertiary/aromatic N) is 1. The van der Waals surface area contributed by atoms with E-state index >= 15 is 0 Å². The Labute approximate surface area is 164 Å². The van der Waals surface area contributed by atoms with Crippen LogP contribution in [0.5, 0.6) is 5.75 Å². The number of rotatable bonds is 9. The molecular weight excluding hydrogens is 358 g/mol. The summed E-state index contributed by atoms with van der Waals surface area (Å²) in [6.07, 6.45) is 6.75. The Hall–Kier alpha value is -2.83. The normalized spacial score (nSPS) is 14.0. The predicted octanol–water partition coefficient (Wildman–Crippen LogP) is 4.05. The summed E-state index contributed by atoms with van der Waals surface area (Å²) in [5.74, 6) is 0.930. The van der Waals surface area contributed by atoms with Crippen molar-refractivity contribution in [2.45, 2.75) is 64.5 Å². The molecule has 0 saturated heterocycles. The number of nitrogens with one attached hydrogen (secondary N) is 2. The third-order valence-electron chi connectivity index (χ3n) is 4.76. The third-order valence-corrected chi connectivity index (χ3v) is 4.76. The quantitative estimate of drug-likeness (QED) is 0.679. The van der Waals surface area contributed by atoms with Gasteiger partial charge in [-0.25, -0.2) is 0 Å². The van der Waals surface area contributed by atoms with Gasteiger partial charge in [0, 0.05) is 24.2 Å². The highest BCUT2D eigenvalue weighted by Crippen LogP contribution is 2.19. The zero-order valence-corrected chi connectivity index (χ0v) is 16.2. The van der Waals surface area contributed by atoms with Gasteiger partial charge in [0.2, 0.25) is 5.91 Å². The molecule has 0 aliphatic heterocycles. The first-order chi connectivity index (χ1) is 13.6. The summed E-state index contributed by atoms with van der Waals surface area (Å²) in [6, 6.07) is 8.98. The number of benzene rings is 1. The van der Waals surface area contributed by atoms with E-state index in [0.29, 0.717) is 17.9 Å². The van der Waals surface area contributed by atoms with Crippen LogP contribution >= 0.6 is 0 Å². The molecule has 150 valence electrons. The van der Waals surface area contributed by atoms with Gasteiger partial charge in [-0.05, 0) is 43.5 Å². The van der Waals surface area contributed by atoms with Crippen LogP contribution in [-0.2, 0) is 11.4 Å². The number of hydrogen-bond donors (Lipinski definition) is 2. The first-order valence-electron chi connectivity index (χ1n) is 9.93. The molecule has 1 heterocycles. The summed E-state index contributed by atoms with van der Waals surface area (Å²) < 4.78 is 10.9. The smallest absolute Gasteiger partial charge is 0.273 e. The fourth-order valence-corrected chi connectivity index (χ4v) is 3.17. The Kier molecular flexibility index (Phi) is 7.06. The Balaban J connectivity index is 1.45. The van der Waals surface area contributed by atoms with E-state index in [1.165, 1.54) is 0 Å². The van der Waals surface area contributed by atoms with Crippen LogP contribution in [0.25, 0.3) is 0 Å². The molecule has 2 amide bonds. The summed E-state index contributed by atoms with van der Waals surface area (Å²) in [7, 11) is 0. The molecule has 7 nitrogen and oxygen atoms in total. The molecule has 1 fully saturated rings. The van der Waals surface area contributed by atoms with E-state index in [9.17, 15) is 9.59 Å². The van der Waals surface area contributed by atoms with Crippen molar-refractivity contribution in [3.63, 3.8) is 0 Å². The number of hydrogen-bond acceptors (Lipinski definition) is 5. The number of carbonyl (C=O) groups is 2. The maximum absolute atomic E-state index is 12.2. The fraction of sp³-hybridized carbons (Fsp3) is 0.476. The lowest BCUT2D eigenvalue weighted by molar-refractivity contribution is -0.116. The molecule has 1 aromatic heterocycles. The molecule has 0 radical (unpaired) electrons. The molecule has 0 atom stereocenters. The molecule has 1 aromatic carbocycles. The van der Waals surface area contributed by atoms with Crippen LogP contribution in [-0.4, -0.2) is 23.0 Å². The van der Waals surface area contributed by atoms with Crippen molar-refractivity contribution >= 4 is 17.5 Å². The van der Waals surface area contributed by atoms with Crippen LogP contribution in [0.15, 0.2) is 34.9 Å². The number of unbranched alkanes of at least 4 members (excludes halogenated alkanes) is 1. The van der Waals surface area contributed by atoms with Gasteiger partial charge in [-0.1, -0.05) is 31.3 Å². The summed E-state index contributed by atoms with van der Waals surface area (Å²) in [5, 5.41) is 9.66. The van der Waals surface area contributed by atoms with Gasteiger partial charge in [0.05, 0.1) is 0 Å². The lowest BCUT2D eigenvalue weighted by Crippen LogP contribution is -2.32. The molecule has 2 N–H and O–H groups in total. The number of ether oxygens (including phenoxy) is 1.